The lowest BCUT2D eigenvalue weighted by atomic mass is 9.78. The number of aromatic nitrogens is 5. The van der Waals surface area contributed by atoms with Crippen molar-refractivity contribution in [1.82, 2.24) is 24.6 Å². The van der Waals surface area contributed by atoms with Gasteiger partial charge < -0.3 is 9.64 Å². The fourth-order valence-electron chi connectivity index (χ4n) is 4.64. The molecule has 4 aromatic rings. The fourth-order valence-corrected chi connectivity index (χ4v) is 5.76. The second kappa shape index (κ2) is 8.59. The number of benzene rings is 1. The van der Waals surface area contributed by atoms with Gasteiger partial charge in [0.1, 0.15) is 10.8 Å². The smallest absolute Gasteiger partial charge is 0.155 e. The minimum atomic E-state index is 0.388. The lowest BCUT2D eigenvalue weighted by Gasteiger charge is -2.38. The van der Waals surface area contributed by atoms with Gasteiger partial charge in [0.05, 0.1) is 35.9 Å². The number of anilines is 1. The van der Waals surface area contributed by atoms with Gasteiger partial charge in [-0.3, -0.25) is 0 Å². The first-order valence-electron chi connectivity index (χ1n) is 11.1. The molecule has 9 heteroatoms. The summed E-state index contributed by atoms with van der Waals surface area (Å²) in [6.07, 6.45) is 10.8. The predicted molar refractivity (Wildman–Crippen MR) is 129 cm³/mol. The zero-order valence-electron chi connectivity index (χ0n) is 18.0. The topological polar surface area (TPSA) is 68.4 Å². The highest BCUT2D eigenvalue weighted by molar-refractivity contribution is 7.99. The maximum absolute atomic E-state index is 6.78. The van der Waals surface area contributed by atoms with Crippen LogP contribution in [0.3, 0.4) is 0 Å². The molecule has 0 atom stereocenters. The van der Waals surface area contributed by atoms with Crippen LogP contribution in [0.5, 0.6) is 0 Å². The van der Waals surface area contributed by atoms with Gasteiger partial charge in [0.25, 0.3) is 0 Å². The van der Waals surface area contributed by atoms with Crippen LogP contribution in [0, 0.1) is 5.41 Å². The molecule has 0 radical (unpaired) electrons. The van der Waals surface area contributed by atoms with E-state index in [2.05, 4.69) is 20.0 Å². The van der Waals surface area contributed by atoms with Crippen LogP contribution >= 0.6 is 23.4 Å². The first kappa shape index (κ1) is 20.9. The Hall–Kier alpha value is -2.68. The van der Waals surface area contributed by atoms with Crippen LogP contribution in [0.2, 0.25) is 5.02 Å². The molecule has 2 aliphatic heterocycles. The summed E-state index contributed by atoms with van der Waals surface area (Å²) in [6.45, 7) is 3.83. The maximum atomic E-state index is 6.78. The Morgan fingerprint density at radius 1 is 1.03 bits per heavy atom. The number of rotatable bonds is 4. The van der Waals surface area contributed by atoms with Crippen molar-refractivity contribution >= 4 is 34.8 Å². The third-order valence-corrected chi connectivity index (χ3v) is 8.16. The summed E-state index contributed by atoms with van der Waals surface area (Å²) in [5.41, 5.74) is 2.87. The SMILES string of the molecule is Clc1c(Sc2cnc(N3CCC4(CCOC4)CC3)cn2)cccc1-c1ccn2nccc2n1. The number of fused-ring (bicyclic) bond motifs is 1. The highest BCUT2D eigenvalue weighted by atomic mass is 35.5. The standard InChI is InChI=1S/C24H23ClN6OS/c25-23-17(18-5-10-31-20(29-18)4-9-28-31)2-1-3-19(23)33-22-15-26-21(14-27-22)30-11-6-24(7-12-30)8-13-32-16-24/h1-5,9-10,14-15H,6-8,11-13,16H2. The second-order valence-electron chi connectivity index (χ2n) is 8.67. The number of hydrogen-bond acceptors (Lipinski definition) is 7. The molecule has 2 aliphatic rings. The summed E-state index contributed by atoms with van der Waals surface area (Å²) in [4.78, 5) is 17.3. The summed E-state index contributed by atoms with van der Waals surface area (Å²) in [5.74, 6) is 0.936. The van der Waals surface area contributed by atoms with Gasteiger partial charge in [-0.2, -0.15) is 5.10 Å². The maximum Gasteiger partial charge on any atom is 0.155 e. The van der Waals surface area contributed by atoms with Gasteiger partial charge in [-0.15, -0.1) is 0 Å². The van der Waals surface area contributed by atoms with Crippen molar-refractivity contribution in [2.45, 2.75) is 29.2 Å². The van der Waals surface area contributed by atoms with E-state index in [4.69, 9.17) is 21.3 Å². The van der Waals surface area contributed by atoms with Gasteiger partial charge in [0.15, 0.2) is 5.65 Å². The Kier molecular flexibility index (Phi) is 5.44. The lowest BCUT2D eigenvalue weighted by molar-refractivity contribution is 0.133. The molecule has 0 N–H and O–H groups in total. The fraction of sp³-hybridized carbons (Fsp3) is 0.333. The van der Waals surface area contributed by atoms with E-state index in [1.165, 1.54) is 18.2 Å². The van der Waals surface area contributed by atoms with Crippen molar-refractivity contribution in [3.8, 4) is 11.3 Å². The largest absolute Gasteiger partial charge is 0.381 e. The molecular weight excluding hydrogens is 456 g/mol. The Labute approximate surface area is 201 Å². The van der Waals surface area contributed by atoms with E-state index in [-0.39, 0.29) is 0 Å². The monoisotopic (exact) mass is 478 g/mol. The van der Waals surface area contributed by atoms with Crippen LogP contribution in [-0.2, 0) is 4.74 Å². The molecule has 7 nitrogen and oxygen atoms in total. The third kappa shape index (κ3) is 4.07. The van der Waals surface area contributed by atoms with Gasteiger partial charge in [-0.25, -0.2) is 19.5 Å². The van der Waals surface area contributed by atoms with Crippen molar-refractivity contribution in [3.63, 3.8) is 0 Å². The quantitative estimate of drug-likeness (QED) is 0.409. The molecule has 2 fully saturated rings. The zero-order chi connectivity index (χ0) is 22.3. The minimum absolute atomic E-state index is 0.388. The lowest BCUT2D eigenvalue weighted by Crippen LogP contribution is -2.40. The summed E-state index contributed by atoms with van der Waals surface area (Å²) in [5, 5.41) is 5.67. The van der Waals surface area contributed by atoms with Crippen molar-refractivity contribution in [3.05, 3.63) is 60.1 Å². The Balaban J connectivity index is 1.18. The van der Waals surface area contributed by atoms with E-state index in [0.717, 1.165) is 71.8 Å². The summed E-state index contributed by atoms with van der Waals surface area (Å²) < 4.78 is 7.38. The van der Waals surface area contributed by atoms with E-state index in [1.807, 2.05) is 48.9 Å². The van der Waals surface area contributed by atoms with E-state index in [9.17, 15) is 0 Å². The highest BCUT2D eigenvalue weighted by Crippen LogP contribution is 2.40. The van der Waals surface area contributed by atoms with Crippen molar-refractivity contribution < 1.29 is 4.74 Å². The molecule has 3 aromatic heterocycles. The van der Waals surface area contributed by atoms with Crippen LogP contribution in [0.15, 0.2) is 65.0 Å². The first-order chi connectivity index (χ1) is 16.2. The molecule has 1 aromatic carbocycles. The number of nitrogens with zero attached hydrogens (tertiary/aromatic N) is 6. The first-order valence-corrected chi connectivity index (χ1v) is 12.3. The van der Waals surface area contributed by atoms with E-state index >= 15 is 0 Å². The third-order valence-electron chi connectivity index (χ3n) is 6.66. The van der Waals surface area contributed by atoms with Crippen molar-refractivity contribution in [2.24, 2.45) is 5.41 Å². The van der Waals surface area contributed by atoms with Gasteiger partial charge >= 0.3 is 0 Å². The molecular formula is C24H23ClN6OS. The second-order valence-corrected chi connectivity index (χ2v) is 10.1. The number of hydrogen-bond donors (Lipinski definition) is 0. The van der Waals surface area contributed by atoms with Gasteiger partial charge in [-0.05, 0) is 36.8 Å². The molecule has 0 bridgehead atoms. The molecule has 0 amide bonds. The molecule has 2 saturated heterocycles. The average molecular weight is 479 g/mol. The summed E-state index contributed by atoms with van der Waals surface area (Å²) >= 11 is 8.29. The molecule has 0 unspecified atom stereocenters. The molecule has 1 spiro atoms. The van der Waals surface area contributed by atoms with Crippen LogP contribution < -0.4 is 4.90 Å². The zero-order valence-corrected chi connectivity index (χ0v) is 19.6. The average Bonchev–Trinajstić information content (AvgIpc) is 3.51. The van der Waals surface area contributed by atoms with Crippen LogP contribution in [-0.4, -0.2) is 50.9 Å². The molecule has 6 rings (SSSR count). The number of piperidine rings is 1. The van der Waals surface area contributed by atoms with E-state index in [0.29, 0.717) is 10.4 Å². The number of ether oxygens (including phenoxy) is 1. The Morgan fingerprint density at radius 2 is 1.94 bits per heavy atom. The van der Waals surface area contributed by atoms with Gasteiger partial charge in [0, 0.05) is 42.4 Å². The Morgan fingerprint density at radius 3 is 2.73 bits per heavy atom. The van der Waals surface area contributed by atoms with Crippen LogP contribution in [0.1, 0.15) is 19.3 Å². The van der Waals surface area contributed by atoms with Crippen molar-refractivity contribution in [1.29, 1.82) is 0 Å². The van der Waals surface area contributed by atoms with Crippen molar-refractivity contribution in [2.75, 3.05) is 31.2 Å². The minimum Gasteiger partial charge on any atom is -0.381 e. The van der Waals surface area contributed by atoms with Crippen LogP contribution in [0.25, 0.3) is 16.9 Å². The van der Waals surface area contributed by atoms with E-state index in [1.54, 1.807) is 10.7 Å². The van der Waals surface area contributed by atoms with Crippen LogP contribution in [0.4, 0.5) is 5.82 Å². The Bertz CT molecular complexity index is 1280. The van der Waals surface area contributed by atoms with Gasteiger partial charge in [-0.1, -0.05) is 35.5 Å². The van der Waals surface area contributed by atoms with E-state index < -0.39 is 0 Å². The van der Waals surface area contributed by atoms with Gasteiger partial charge in [0.2, 0.25) is 0 Å². The normalized spacial score (nSPS) is 17.8. The molecule has 0 saturated carbocycles. The highest BCUT2D eigenvalue weighted by Gasteiger charge is 2.38. The number of halogens is 1. The molecule has 0 aliphatic carbocycles. The summed E-state index contributed by atoms with van der Waals surface area (Å²) in [6, 6.07) is 9.76. The molecule has 33 heavy (non-hydrogen) atoms. The summed E-state index contributed by atoms with van der Waals surface area (Å²) in [7, 11) is 0. The molecule has 5 heterocycles. The molecule has 168 valence electrons. The predicted octanol–water partition coefficient (Wildman–Crippen LogP) is 5.00.